The fourth-order valence-corrected chi connectivity index (χ4v) is 5.43. The van der Waals surface area contributed by atoms with Crippen LogP contribution in [0.3, 0.4) is 0 Å². The number of nitrogens with two attached hydrogens (primary N) is 1. The van der Waals surface area contributed by atoms with Gasteiger partial charge in [-0.25, -0.2) is 4.98 Å². The number of aromatic nitrogens is 1. The number of hydrogen-bond donors (Lipinski definition) is 2. The van der Waals surface area contributed by atoms with Gasteiger partial charge in [0.15, 0.2) is 0 Å². The number of nitrogens with one attached hydrogen (secondary N) is 1. The van der Waals surface area contributed by atoms with Crippen LogP contribution in [-0.4, -0.2) is 29.3 Å². The van der Waals surface area contributed by atoms with Crippen molar-refractivity contribution in [3.8, 4) is 0 Å². The molecule has 7 nitrogen and oxygen atoms in total. The lowest BCUT2D eigenvalue weighted by atomic mass is 10.1. The molecule has 0 spiro atoms. The van der Waals surface area contributed by atoms with E-state index in [1.165, 1.54) is 11.3 Å². The number of carbonyl (C=O) groups excluding carboxylic acids is 3. The summed E-state index contributed by atoms with van der Waals surface area (Å²) in [6.45, 7) is 5.91. The maximum atomic E-state index is 12.8. The molecule has 150 valence electrons. The Kier molecular flexibility index (Phi) is 4.87. The van der Waals surface area contributed by atoms with Crippen molar-refractivity contribution in [2.75, 3.05) is 16.8 Å². The highest BCUT2D eigenvalue weighted by molar-refractivity contribution is 7.18. The van der Waals surface area contributed by atoms with Crippen molar-refractivity contribution in [2.45, 2.75) is 27.2 Å². The van der Waals surface area contributed by atoms with Crippen molar-refractivity contribution < 1.29 is 14.4 Å². The van der Waals surface area contributed by atoms with E-state index in [0.717, 1.165) is 31.4 Å². The predicted molar refractivity (Wildman–Crippen MR) is 116 cm³/mol. The number of nitrogens with zero attached hydrogens (tertiary/aromatic N) is 2. The van der Waals surface area contributed by atoms with E-state index in [0.29, 0.717) is 10.6 Å². The molecular formula is C20H20N4O3S2. The fourth-order valence-electron chi connectivity index (χ4n) is 3.56. The van der Waals surface area contributed by atoms with Crippen molar-refractivity contribution in [3.63, 3.8) is 0 Å². The Labute approximate surface area is 175 Å². The summed E-state index contributed by atoms with van der Waals surface area (Å²) in [4.78, 5) is 44.2. The average molecular weight is 429 g/mol. The monoisotopic (exact) mass is 428 g/mol. The van der Waals surface area contributed by atoms with E-state index >= 15 is 0 Å². The van der Waals surface area contributed by atoms with Crippen molar-refractivity contribution in [2.24, 2.45) is 11.7 Å². The lowest BCUT2D eigenvalue weighted by Gasteiger charge is -2.16. The first kappa shape index (κ1) is 19.5. The van der Waals surface area contributed by atoms with E-state index in [4.69, 9.17) is 5.73 Å². The molecule has 1 atom stereocenters. The summed E-state index contributed by atoms with van der Waals surface area (Å²) in [5.74, 6) is -1.46. The molecule has 29 heavy (non-hydrogen) atoms. The molecule has 2 aromatic heterocycles. The van der Waals surface area contributed by atoms with Gasteiger partial charge in [-0.05, 0) is 44.5 Å². The Hall–Kier alpha value is -2.78. The third kappa shape index (κ3) is 3.51. The normalized spacial score (nSPS) is 16.6. The number of aryl methyl sites for hydroxylation is 2. The number of hydrogen-bond acceptors (Lipinski definition) is 6. The summed E-state index contributed by atoms with van der Waals surface area (Å²) >= 11 is 2.92. The van der Waals surface area contributed by atoms with Gasteiger partial charge in [0.2, 0.25) is 11.8 Å². The quantitative estimate of drug-likeness (QED) is 0.664. The Balaban J connectivity index is 1.53. The third-order valence-corrected chi connectivity index (χ3v) is 7.23. The molecule has 0 saturated carbocycles. The van der Waals surface area contributed by atoms with Gasteiger partial charge in [-0.1, -0.05) is 0 Å². The molecule has 3 heterocycles. The number of thiophene rings is 1. The zero-order chi connectivity index (χ0) is 20.9. The van der Waals surface area contributed by atoms with E-state index in [2.05, 4.69) is 10.3 Å². The average Bonchev–Trinajstić information content (AvgIpc) is 3.29. The Morgan fingerprint density at radius 2 is 2.00 bits per heavy atom. The van der Waals surface area contributed by atoms with Crippen LogP contribution >= 0.6 is 22.7 Å². The smallest absolute Gasteiger partial charge is 0.251 e. The minimum Gasteiger partial charge on any atom is -0.365 e. The van der Waals surface area contributed by atoms with E-state index in [1.54, 1.807) is 23.2 Å². The van der Waals surface area contributed by atoms with Gasteiger partial charge in [0.05, 0.1) is 26.7 Å². The molecule has 1 unspecified atom stereocenters. The maximum absolute atomic E-state index is 12.8. The van der Waals surface area contributed by atoms with E-state index in [9.17, 15) is 14.4 Å². The van der Waals surface area contributed by atoms with Crippen LogP contribution < -0.4 is 16.0 Å². The highest BCUT2D eigenvalue weighted by Gasteiger charge is 2.36. The third-order valence-electron chi connectivity index (χ3n) is 5.15. The fraction of sp³-hybridized carbons (Fsp3) is 0.300. The minimum absolute atomic E-state index is 0.106. The zero-order valence-electron chi connectivity index (χ0n) is 16.2. The molecule has 1 aromatic carbocycles. The SMILES string of the molecule is Cc1nc2cc(N3CC(C(=O)Nc4sc(C)c(C)c4C(N)=O)CC3=O)ccc2s1. The van der Waals surface area contributed by atoms with Crippen molar-refractivity contribution in [3.05, 3.63) is 39.2 Å². The van der Waals surface area contributed by atoms with Crippen LogP contribution in [0.1, 0.15) is 32.2 Å². The second-order valence-corrected chi connectivity index (χ2v) is 9.59. The molecular weight excluding hydrogens is 408 g/mol. The maximum Gasteiger partial charge on any atom is 0.251 e. The number of primary amides is 1. The van der Waals surface area contributed by atoms with Crippen LogP contribution in [-0.2, 0) is 9.59 Å². The largest absolute Gasteiger partial charge is 0.365 e. The Morgan fingerprint density at radius 3 is 2.72 bits per heavy atom. The number of fused-ring (bicyclic) bond motifs is 1. The van der Waals surface area contributed by atoms with Gasteiger partial charge in [-0.3, -0.25) is 14.4 Å². The standard InChI is InChI=1S/C20H20N4O3S2/c1-9-10(2)28-20(17(9)18(21)26)23-19(27)12-6-16(25)24(8-12)13-4-5-15-14(7-13)22-11(3)29-15/h4-5,7,12H,6,8H2,1-3H3,(H2,21,26)(H,23,27). The highest BCUT2D eigenvalue weighted by Crippen LogP contribution is 2.34. The molecule has 1 fully saturated rings. The van der Waals surface area contributed by atoms with Crippen molar-refractivity contribution >= 4 is 61.3 Å². The molecule has 1 aliphatic rings. The van der Waals surface area contributed by atoms with E-state index in [-0.39, 0.29) is 24.8 Å². The van der Waals surface area contributed by atoms with Gasteiger partial charge < -0.3 is 16.0 Å². The van der Waals surface area contributed by atoms with Gasteiger partial charge in [0.25, 0.3) is 5.91 Å². The van der Waals surface area contributed by atoms with Gasteiger partial charge in [-0.2, -0.15) is 0 Å². The molecule has 0 aliphatic carbocycles. The van der Waals surface area contributed by atoms with Crippen molar-refractivity contribution in [1.29, 1.82) is 0 Å². The van der Waals surface area contributed by atoms with Crippen LogP contribution in [0.5, 0.6) is 0 Å². The van der Waals surface area contributed by atoms with Gasteiger partial charge in [-0.15, -0.1) is 22.7 Å². The summed E-state index contributed by atoms with van der Waals surface area (Å²) < 4.78 is 1.06. The number of rotatable bonds is 4. The minimum atomic E-state index is -0.571. The summed E-state index contributed by atoms with van der Waals surface area (Å²) in [6.07, 6.45) is 0.120. The number of thiazole rings is 1. The molecule has 1 saturated heterocycles. The first-order valence-electron chi connectivity index (χ1n) is 9.12. The van der Waals surface area contributed by atoms with Crippen LogP contribution in [0.4, 0.5) is 10.7 Å². The van der Waals surface area contributed by atoms with Gasteiger partial charge in [0.1, 0.15) is 5.00 Å². The summed E-state index contributed by atoms with van der Waals surface area (Å²) in [6, 6.07) is 5.72. The van der Waals surface area contributed by atoms with Crippen LogP contribution in [0.25, 0.3) is 10.2 Å². The van der Waals surface area contributed by atoms with E-state index in [1.807, 2.05) is 32.0 Å². The molecule has 3 N–H and O–H groups in total. The summed E-state index contributed by atoms with van der Waals surface area (Å²) in [5.41, 5.74) is 8.17. The number of anilines is 2. The highest BCUT2D eigenvalue weighted by atomic mass is 32.1. The molecule has 4 rings (SSSR count). The zero-order valence-corrected chi connectivity index (χ0v) is 17.9. The molecule has 3 amide bonds. The molecule has 1 aliphatic heterocycles. The van der Waals surface area contributed by atoms with Gasteiger partial charge in [0, 0.05) is 23.5 Å². The lowest BCUT2D eigenvalue weighted by Crippen LogP contribution is -2.28. The van der Waals surface area contributed by atoms with Crippen LogP contribution in [0.2, 0.25) is 0 Å². The first-order valence-corrected chi connectivity index (χ1v) is 10.8. The lowest BCUT2D eigenvalue weighted by molar-refractivity contribution is -0.122. The topological polar surface area (TPSA) is 105 Å². The van der Waals surface area contributed by atoms with Crippen LogP contribution in [0, 0.1) is 26.7 Å². The van der Waals surface area contributed by atoms with Gasteiger partial charge >= 0.3 is 0 Å². The summed E-state index contributed by atoms with van der Waals surface area (Å²) in [7, 11) is 0. The molecule has 3 aromatic rings. The van der Waals surface area contributed by atoms with Crippen LogP contribution in [0.15, 0.2) is 18.2 Å². The number of carbonyl (C=O) groups is 3. The second kappa shape index (κ2) is 7.23. The van der Waals surface area contributed by atoms with Crippen molar-refractivity contribution in [1.82, 2.24) is 4.98 Å². The van der Waals surface area contributed by atoms with E-state index < -0.39 is 11.8 Å². The number of benzene rings is 1. The molecule has 9 heteroatoms. The number of amides is 3. The first-order chi connectivity index (χ1) is 13.7. The predicted octanol–water partition coefficient (Wildman–Crippen LogP) is 3.37. The Morgan fingerprint density at radius 1 is 1.24 bits per heavy atom. The Bertz CT molecular complexity index is 1160. The summed E-state index contributed by atoms with van der Waals surface area (Å²) in [5, 5.41) is 4.22. The molecule has 0 bridgehead atoms. The molecule has 0 radical (unpaired) electrons. The second-order valence-electron chi connectivity index (χ2n) is 7.13.